The number of hydrogen-bond donors (Lipinski definition) is 0. The van der Waals surface area contributed by atoms with E-state index in [-0.39, 0.29) is 10.6 Å². The van der Waals surface area contributed by atoms with E-state index in [1.54, 1.807) is 34.0 Å². The van der Waals surface area contributed by atoms with E-state index < -0.39 is 10.0 Å². The Morgan fingerprint density at radius 2 is 1.95 bits per heavy atom. The quantitative estimate of drug-likeness (QED) is 0.632. The minimum Gasteiger partial charge on any atom is -0.495 e. The van der Waals surface area contributed by atoms with Crippen molar-refractivity contribution in [2.24, 2.45) is 4.40 Å². The van der Waals surface area contributed by atoms with Crippen LogP contribution in [0.25, 0.3) is 0 Å². The van der Waals surface area contributed by atoms with E-state index in [1.165, 1.54) is 18.3 Å². The second kappa shape index (κ2) is 5.79. The summed E-state index contributed by atoms with van der Waals surface area (Å²) < 4.78 is 33.2. The van der Waals surface area contributed by atoms with Gasteiger partial charge >= 0.3 is 0 Å². The highest BCUT2D eigenvalue weighted by Crippen LogP contribution is 2.35. The summed E-state index contributed by atoms with van der Waals surface area (Å²) in [4.78, 5) is 1.54. The van der Waals surface area contributed by atoms with Crippen LogP contribution in [0.4, 0.5) is 0 Å². The summed E-state index contributed by atoms with van der Waals surface area (Å²) in [7, 11) is 0.935. The molecule has 5 nitrogen and oxygen atoms in total. The van der Waals surface area contributed by atoms with E-state index in [9.17, 15) is 8.42 Å². The Bertz CT molecular complexity index is 610. The fourth-order valence-corrected chi connectivity index (χ4v) is 3.10. The maximum absolute atomic E-state index is 12.2. The summed E-state index contributed by atoms with van der Waals surface area (Å²) >= 11 is 6.10. The van der Waals surface area contributed by atoms with Crippen molar-refractivity contribution in [3.63, 3.8) is 0 Å². The van der Waals surface area contributed by atoms with E-state index in [4.69, 9.17) is 16.3 Å². The number of hydrogen-bond acceptors (Lipinski definition) is 3. The fourth-order valence-electron chi connectivity index (χ4n) is 1.59. The first kappa shape index (κ1) is 15.8. The molecule has 0 aliphatic carbocycles. The van der Waals surface area contributed by atoms with Crippen molar-refractivity contribution in [3.05, 3.63) is 22.2 Å². The normalized spacial score (nSPS) is 11.9. The molecule has 0 saturated carbocycles. The van der Waals surface area contributed by atoms with Gasteiger partial charge < -0.3 is 9.64 Å². The molecule has 1 aromatic carbocycles. The third-order valence-electron chi connectivity index (χ3n) is 2.48. The molecule has 0 atom stereocenters. The molecule has 1 rings (SSSR count). The second-order valence-corrected chi connectivity index (χ2v) is 6.27. The summed E-state index contributed by atoms with van der Waals surface area (Å²) in [6, 6.07) is 1.59. The van der Waals surface area contributed by atoms with Crippen LogP contribution in [0.1, 0.15) is 11.1 Å². The lowest BCUT2D eigenvalue weighted by Gasteiger charge is -2.13. The summed E-state index contributed by atoms with van der Waals surface area (Å²) in [5.41, 5.74) is 1.20. The van der Waals surface area contributed by atoms with Gasteiger partial charge in [-0.05, 0) is 31.0 Å². The van der Waals surface area contributed by atoms with Crippen LogP contribution in [0, 0.1) is 13.8 Å². The van der Waals surface area contributed by atoms with Gasteiger partial charge in [0.25, 0.3) is 10.0 Å². The first-order chi connectivity index (χ1) is 8.70. The van der Waals surface area contributed by atoms with Crippen LogP contribution < -0.4 is 4.74 Å². The summed E-state index contributed by atoms with van der Waals surface area (Å²) in [5.74, 6) is 0.246. The lowest BCUT2D eigenvalue weighted by molar-refractivity contribution is 0.401. The second-order valence-electron chi connectivity index (χ2n) is 4.32. The van der Waals surface area contributed by atoms with Gasteiger partial charge in [0.1, 0.15) is 17.0 Å². The summed E-state index contributed by atoms with van der Waals surface area (Å²) in [6.07, 6.45) is 1.22. The van der Waals surface area contributed by atoms with E-state index in [0.717, 1.165) is 5.56 Å². The number of ether oxygens (including phenoxy) is 1. The van der Waals surface area contributed by atoms with Gasteiger partial charge in [0, 0.05) is 19.1 Å². The number of rotatable bonds is 4. The molecule has 0 aliphatic rings. The Kier molecular flexibility index (Phi) is 4.81. The van der Waals surface area contributed by atoms with Crippen molar-refractivity contribution in [2.75, 3.05) is 21.2 Å². The smallest absolute Gasteiger partial charge is 0.287 e. The molecule has 7 heteroatoms. The summed E-state index contributed by atoms with van der Waals surface area (Å²) in [5, 5.41) is 0.402. The Morgan fingerprint density at radius 1 is 1.37 bits per heavy atom. The van der Waals surface area contributed by atoms with E-state index in [1.807, 2.05) is 0 Å². The van der Waals surface area contributed by atoms with Crippen molar-refractivity contribution in [2.45, 2.75) is 18.7 Å². The molecular formula is C12H17ClN2O3S. The monoisotopic (exact) mass is 304 g/mol. The number of nitrogens with zero attached hydrogens (tertiary/aromatic N) is 2. The maximum atomic E-state index is 12.2. The van der Waals surface area contributed by atoms with Crippen LogP contribution in [0.15, 0.2) is 15.4 Å². The molecule has 0 saturated heterocycles. The fraction of sp³-hybridized carbons (Fsp3) is 0.417. The number of sulfonamides is 1. The number of aryl methyl sites for hydroxylation is 1. The average Bonchev–Trinajstić information content (AvgIpc) is 2.32. The van der Waals surface area contributed by atoms with Gasteiger partial charge in [-0.25, -0.2) is 0 Å². The van der Waals surface area contributed by atoms with Crippen LogP contribution in [-0.2, 0) is 10.0 Å². The van der Waals surface area contributed by atoms with Crippen LogP contribution in [0.3, 0.4) is 0 Å². The molecule has 0 aliphatic heterocycles. The number of benzene rings is 1. The van der Waals surface area contributed by atoms with Gasteiger partial charge in [0.05, 0.1) is 7.11 Å². The van der Waals surface area contributed by atoms with Crippen molar-refractivity contribution >= 4 is 28.0 Å². The Balaban J connectivity index is 3.54. The van der Waals surface area contributed by atoms with Crippen molar-refractivity contribution < 1.29 is 13.2 Å². The minimum atomic E-state index is -3.85. The van der Waals surface area contributed by atoms with Gasteiger partial charge in [-0.1, -0.05) is 11.6 Å². The number of halogens is 1. The molecule has 106 valence electrons. The average molecular weight is 305 g/mol. The molecule has 0 aromatic heterocycles. The highest BCUT2D eigenvalue weighted by Gasteiger charge is 2.24. The van der Waals surface area contributed by atoms with Crippen LogP contribution in [0.2, 0.25) is 5.02 Å². The van der Waals surface area contributed by atoms with Crippen molar-refractivity contribution in [1.29, 1.82) is 0 Å². The highest BCUT2D eigenvalue weighted by molar-refractivity contribution is 7.90. The zero-order valence-electron chi connectivity index (χ0n) is 11.6. The first-order valence-electron chi connectivity index (χ1n) is 5.51. The first-order valence-corrected chi connectivity index (χ1v) is 7.33. The van der Waals surface area contributed by atoms with Gasteiger partial charge in [-0.3, -0.25) is 0 Å². The van der Waals surface area contributed by atoms with Crippen LogP contribution in [-0.4, -0.2) is 40.9 Å². The molecule has 0 amide bonds. The largest absolute Gasteiger partial charge is 0.495 e. The minimum absolute atomic E-state index is 0.00343. The lowest BCUT2D eigenvalue weighted by Crippen LogP contribution is -2.11. The van der Waals surface area contributed by atoms with Gasteiger partial charge in [-0.2, -0.15) is 8.42 Å². The standard InChI is InChI=1S/C12H17ClN2O3S/c1-8-6-10(18-5)12(9(2)11(8)13)19(16,17)14-7-15(3)4/h6-7H,1-5H3/b14-7+. The maximum Gasteiger partial charge on any atom is 0.287 e. The Labute approximate surface area is 118 Å². The zero-order chi connectivity index (χ0) is 14.8. The highest BCUT2D eigenvalue weighted by atomic mass is 35.5. The van der Waals surface area contributed by atoms with Crippen LogP contribution in [0.5, 0.6) is 5.75 Å². The molecule has 1 aromatic rings. The topological polar surface area (TPSA) is 59.0 Å². The summed E-state index contributed by atoms with van der Waals surface area (Å²) in [6.45, 7) is 3.42. The van der Waals surface area contributed by atoms with Crippen molar-refractivity contribution in [1.82, 2.24) is 4.90 Å². The molecule has 0 heterocycles. The Morgan fingerprint density at radius 3 is 2.42 bits per heavy atom. The predicted octanol–water partition coefficient (Wildman–Crippen LogP) is 2.24. The van der Waals surface area contributed by atoms with E-state index in [0.29, 0.717) is 10.6 Å². The molecule has 0 bridgehead atoms. The van der Waals surface area contributed by atoms with Gasteiger partial charge in [0.15, 0.2) is 0 Å². The van der Waals surface area contributed by atoms with E-state index >= 15 is 0 Å². The molecule has 0 radical (unpaired) electrons. The van der Waals surface area contributed by atoms with Gasteiger partial charge in [0.2, 0.25) is 0 Å². The lowest BCUT2D eigenvalue weighted by atomic mass is 10.1. The van der Waals surface area contributed by atoms with Crippen molar-refractivity contribution in [3.8, 4) is 5.75 Å². The predicted molar refractivity (Wildman–Crippen MR) is 76.8 cm³/mol. The molecule has 0 unspecified atom stereocenters. The SMILES string of the molecule is COc1cc(C)c(Cl)c(C)c1S(=O)(=O)/N=C/N(C)C. The third kappa shape index (κ3) is 3.39. The molecular weight excluding hydrogens is 288 g/mol. The molecule has 0 N–H and O–H groups in total. The van der Waals surface area contributed by atoms with E-state index in [2.05, 4.69) is 4.40 Å². The molecule has 0 spiro atoms. The third-order valence-corrected chi connectivity index (χ3v) is 4.46. The Hall–Kier alpha value is -1.27. The number of methoxy groups -OCH3 is 1. The van der Waals surface area contributed by atoms with Gasteiger partial charge in [-0.15, -0.1) is 4.40 Å². The zero-order valence-corrected chi connectivity index (χ0v) is 13.1. The molecule has 0 fully saturated rings. The molecule has 19 heavy (non-hydrogen) atoms. The van der Waals surface area contributed by atoms with Crippen LogP contribution >= 0.6 is 11.6 Å².